The van der Waals surface area contributed by atoms with Crippen molar-refractivity contribution in [2.24, 2.45) is 0 Å². The highest BCUT2D eigenvalue weighted by molar-refractivity contribution is 7.80. The van der Waals surface area contributed by atoms with Gasteiger partial charge in [0.2, 0.25) is 5.91 Å². The second-order valence-corrected chi connectivity index (χ2v) is 10.3. The van der Waals surface area contributed by atoms with Gasteiger partial charge in [-0.3, -0.25) is 9.59 Å². The van der Waals surface area contributed by atoms with Crippen LogP contribution >= 0.6 is 12.6 Å². The van der Waals surface area contributed by atoms with E-state index in [2.05, 4.69) is 29.8 Å². The van der Waals surface area contributed by atoms with E-state index in [0.717, 1.165) is 16.3 Å². The SMILES string of the molecule is C=Cc1cccc(C(C(=O)Nc2ccc3ccccc3c2)N(CCO)C(=O)C(CS)NC(=O)OC(C)(C)C)c1. The van der Waals surface area contributed by atoms with Crippen LogP contribution in [0.3, 0.4) is 0 Å². The molecule has 39 heavy (non-hydrogen) atoms. The number of hydrogen-bond acceptors (Lipinski definition) is 6. The quantitative estimate of drug-likeness (QED) is 0.272. The average molecular weight is 550 g/mol. The maximum absolute atomic E-state index is 13.8. The fourth-order valence-corrected chi connectivity index (χ4v) is 4.36. The number of amides is 3. The lowest BCUT2D eigenvalue weighted by molar-refractivity contribution is -0.140. The fraction of sp³-hybridized carbons (Fsp3) is 0.300. The van der Waals surface area contributed by atoms with Crippen molar-refractivity contribution < 1.29 is 24.2 Å². The Morgan fingerprint density at radius 3 is 2.41 bits per heavy atom. The molecule has 0 saturated carbocycles. The number of nitrogens with one attached hydrogen (secondary N) is 2. The van der Waals surface area contributed by atoms with Crippen LogP contribution in [-0.2, 0) is 14.3 Å². The van der Waals surface area contributed by atoms with Gasteiger partial charge in [-0.25, -0.2) is 4.79 Å². The minimum atomic E-state index is -1.13. The Balaban J connectivity index is 1.99. The van der Waals surface area contributed by atoms with Crippen molar-refractivity contribution in [2.75, 3.05) is 24.2 Å². The number of thiol groups is 1. The highest BCUT2D eigenvalue weighted by atomic mass is 32.1. The van der Waals surface area contributed by atoms with Gasteiger partial charge in [0.15, 0.2) is 0 Å². The van der Waals surface area contributed by atoms with Crippen LogP contribution in [-0.4, -0.2) is 58.5 Å². The molecule has 2 atom stereocenters. The first-order chi connectivity index (χ1) is 18.6. The summed E-state index contributed by atoms with van der Waals surface area (Å²) in [4.78, 5) is 41.3. The van der Waals surface area contributed by atoms with E-state index in [-0.39, 0.29) is 12.3 Å². The zero-order chi connectivity index (χ0) is 28.6. The summed E-state index contributed by atoms with van der Waals surface area (Å²) >= 11 is 4.26. The second-order valence-electron chi connectivity index (χ2n) is 9.96. The van der Waals surface area contributed by atoms with Crippen molar-refractivity contribution in [3.63, 3.8) is 0 Å². The average Bonchev–Trinajstić information content (AvgIpc) is 2.90. The number of alkyl carbamates (subject to hydrolysis) is 1. The number of anilines is 1. The normalized spacial score (nSPS) is 12.7. The van der Waals surface area contributed by atoms with Gasteiger partial charge in [-0.15, -0.1) is 0 Å². The smallest absolute Gasteiger partial charge is 0.408 e. The van der Waals surface area contributed by atoms with Crippen LogP contribution in [0.25, 0.3) is 16.8 Å². The predicted octanol–water partition coefficient (Wildman–Crippen LogP) is 4.81. The standard InChI is InChI=1S/C30H35N3O5S/c1-5-20-9-8-12-23(17-20)26(27(35)31-24-14-13-21-10-6-7-11-22(21)18-24)33(15-16-34)28(36)25(19-39)32-29(37)38-30(2,3)4/h5-14,17-18,25-26,34,39H,1,15-16,19H2,2-4H3,(H,31,35)(H,32,37). The summed E-state index contributed by atoms with van der Waals surface area (Å²) in [7, 11) is 0. The van der Waals surface area contributed by atoms with Gasteiger partial charge in [-0.1, -0.05) is 61.2 Å². The number of aliphatic hydroxyl groups excluding tert-OH is 1. The number of rotatable bonds is 10. The van der Waals surface area contributed by atoms with Crippen molar-refractivity contribution in [3.05, 3.63) is 84.4 Å². The van der Waals surface area contributed by atoms with Crippen molar-refractivity contribution in [1.29, 1.82) is 0 Å². The van der Waals surface area contributed by atoms with Crippen molar-refractivity contribution in [3.8, 4) is 0 Å². The van der Waals surface area contributed by atoms with E-state index in [1.165, 1.54) is 4.90 Å². The minimum Gasteiger partial charge on any atom is -0.444 e. The molecule has 206 valence electrons. The monoisotopic (exact) mass is 549 g/mol. The van der Waals surface area contributed by atoms with Gasteiger partial charge in [-0.2, -0.15) is 12.6 Å². The molecule has 0 aliphatic rings. The first kappa shape index (κ1) is 29.7. The van der Waals surface area contributed by atoms with Crippen LogP contribution in [0.15, 0.2) is 73.3 Å². The van der Waals surface area contributed by atoms with Gasteiger partial charge in [0.05, 0.1) is 6.61 Å². The van der Waals surface area contributed by atoms with Gasteiger partial charge in [-0.05, 0) is 60.9 Å². The van der Waals surface area contributed by atoms with E-state index >= 15 is 0 Å². The molecule has 3 aromatic carbocycles. The summed E-state index contributed by atoms with van der Waals surface area (Å²) < 4.78 is 5.30. The maximum Gasteiger partial charge on any atom is 0.408 e. The van der Waals surface area contributed by atoms with E-state index in [1.54, 1.807) is 51.1 Å². The van der Waals surface area contributed by atoms with Crippen LogP contribution in [0.2, 0.25) is 0 Å². The molecule has 0 fully saturated rings. The molecule has 8 nitrogen and oxygen atoms in total. The molecule has 0 aliphatic heterocycles. The molecule has 0 spiro atoms. The van der Waals surface area contributed by atoms with Crippen molar-refractivity contribution >= 4 is 53.1 Å². The van der Waals surface area contributed by atoms with Gasteiger partial charge in [0.25, 0.3) is 5.91 Å². The summed E-state index contributed by atoms with van der Waals surface area (Å²) in [6.45, 7) is 8.37. The predicted molar refractivity (Wildman–Crippen MR) is 158 cm³/mol. The Bertz CT molecular complexity index is 1340. The van der Waals surface area contributed by atoms with Crippen molar-refractivity contribution in [2.45, 2.75) is 38.5 Å². The first-order valence-electron chi connectivity index (χ1n) is 12.6. The molecule has 0 aromatic heterocycles. The summed E-state index contributed by atoms with van der Waals surface area (Å²) in [5.74, 6) is -1.12. The Kier molecular flexibility index (Phi) is 10.1. The van der Waals surface area contributed by atoms with Gasteiger partial charge < -0.3 is 25.4 Å². The molecule has 3 N–H and O–H groups in total. The van der Waals surface area contributed by atoms with Crippen molar-refractivity contribution in [1.82, 2.24) is 10.2 Å². The molecule has 0 heterocycles. The van der Waals surface area contributed by atoms with Crippen LogP contribution in [0.5, 0.6) is 0 Å². The number of nitrogens with zero attached hydrogens (tertiary/aromatic N) is 1. The minimum absolute atomic E-state index is 0.0499. The summed E-state index contributed by atoms with van der Waals surface area (Å²) in [5, 5.41) is 17.3. The maximum atomic E-state index is 13.8. The lowest BCUT2D eigenvalue weighted by Gasteiger charge is -2.34. The highest BCUT2D eigenvalue weighted by Gasteiger charge is 2.36. The summed E-state index contributed by atoms with van der Waals surface area (Å²) in [6, 6.07) is 18.1. The van der Waals surface area contributed by atoms with Gasteiger partial charge in [0, 0.05) is 18.0 Å². The van der Waals surface area contributed by atoms with Crippen LogP contribution in [0.4, 0.5) is 10.5 Å². The van der Waals surface area contributed by atoms with Gasteiger partial charge >= 0.3 is 6.09 Å². The largest absolute Gasteiger partial charge is 0.444 e. The number of benzene rings is 3. The second kappa shape index (κ2) is 13.3. The number of aliphatic hydroxyl groups is 1. The number of carbonyl (C=O) groups excluding carboxylic acids is 3. The molecule has 0 radical (unpaired) electrons. The Hall–Kier alpha value is -3.82. The Morgan fingerprint density at radius 1 is 1.05 bits per heavy atom. The molecule has 0 aliphatic carbocycles. The third-order valence-electron chi connectivity index (χ3n) is 5.83. The lowest BCUT2D eigenvalue weighted by Crippen LogP contribution is -2.53. The number of fused-ring (bicyclic) bond motifs is 1. The first-order valence-corrected chi connectivity index (χ1v) is 13.2. The highest BCUT2D eigenvalue weighted by Crippen LogP contribution is 2.27. The molecule has 0 saturated heterocycles. The van der Waals surface area contributed by atoms with Crippen LogP contribution < -0.4 is 10.6 Å². The molecular weight excluding hydrogens is 514 g/mol. The third-order valence-corrected chi connectivity index (χ3v) is 6.20. The van der Waals surface area contributed by atoms with E-state index in [1.807, 2.05) is 42.5 Å². The number of carbonyl (C=O) groups is 3. The third kappa shape index (κ3) is 8.08. The molecule has 3 rings (SSSR count). The fourth-order valence-electron chi connectivity index (χ4n) is 4.12. The van der Waals surface area contributed by atoms with Gasteiger partial charge in [0.1, 0.15) is 17.7 Å². The van der Waals surface area contributed by atoms with Crippen LogP contribution in [0.1, 0.15) is 37.9 Å². The molecule has 2 unspecified atom stereocenters. The van der Waals surface area contributed by atoms with E-state index in [0.29, 0.717) is 11.3 Å². The van der Waals surface area contributed by atoms with Crippen LogP contribution in [0, 0.1) is 0 Å². The van der Waals surface area contributed by atoms with E-state index < -0.39 is 42.2 Å². The number of ether oxygens (including phenoxy) is 1. The van der Waals surface area contributed by atoms with E-state index in [9.17, 15) is 19.5 Å². The summed E-state index contributed by atoms with van der Waals surface area (Å²) in [6.07, 6.45) is 0.852. The molecule has 3 amide bonds. The molecule has 0 bridgehead atoms. The van der Waals surface area contributed by atoms with E-state index in [4.69, 9.17) is 4.74 Å². The Labute approximate surface area is 234 Å². The molecule has 3 aromatic rings. The number of hydrogen-bond donors (Lipinski definition) is 4. The summed E-state index contributed by atoms with van der Waals surface area (Å²) in [5.41, 5.74) is 1.05. The zero-order valence-corrected chi connectivity index (χ0v) is 23.3. The Morgan fingerprint density at radius 2 is 1.77 bits per heavy atom. The molecular formula is C30H35N3O5S. The zero-order valence-electron chi connectivity index (χ0n) is 22.4. The topological polar surface area (TPSA) is 108 Å². The molecule has 9 heteroatoms. The lowest BCUT2D eigenvalue weighted by atomic mass is 10.00.